The summed E-state index contributed by atoms with van der Waals surface area (Å²) >= 11 is 3.12. The van der Waals surface area contributed by atoms with Gasteiger partial charge in [-0.3, -0.25) is 4.79 Å². The van der Waals surface area contributed by atoms with Crippen LogP contribution in [0.2, 0.25) is 0 Å². The summed E-state index contributed by atoms with van der Waals surface area (Å²) in [7, 11) is 0. The highest BCUT2D eigenvalue weighted by Gasteiger charge is 2.14. The Morgan fingerprint density at radius 3 is 2.77 bits per heavy atom. The third kappa shape index (κ3) is 3.38. The van der Waals surface area contributed by atoms with Crippen molar-refractivity contribution >= 4 is 44.5 Å². The predicted molar refractivity (Wildman–Crippen MR) is 109 cm³/mol. The standard InChI is InChI=1S/C20H17N3OS2/c1-12-19(26-20(21-12)22-13(2)24)17-11-25-18(23-17)10-15-8-5-7-14-6-3-4-9-16(14)15/h3-9,11H,10H2,1-2H3,(H,21,22,24). The number of nitrogens with zero attached hydrogens (tertiary/aromatic N) is 2. The lowest BCUT2D eigenvalue weighted by atomic mass is 10.0. The van der Waals surface area contributed by atoms with Crippen LogP contribution in [0.5, 0.6) is 0 Å². The van der Waals surface area contributed by atoms with Gasteiger partial charge in [0.15, 0.2) is 5.13 Å². The first-order valence-electron chi connectivity index (χ1n) is 8.26. The number of hydrogen-bond donors (Lipinski definition) is 1. The minimum atomic E-state index is -0.111. The lowest BCUT2D eigenvalue weighted by Gasteiger charge is -2.04. The normalized spacial score (nSPS) is 11.0. The molecule has 4 aromatic rings. The van der Waals surface area contributed by atoms with Crippen molar-refractivity contribution in [3.05, 3.63) is 64.1 Å². The summed E-state index contributed by atoms with van der Waals surface area (Å²) in [6, 6.07) is 14.8. The molecule has 26 heavy (non-hydrogen) atoms. The number of amides is 1. The molecule has 0 bridgehead atoms. The Morgan fingerprint density at radius 2 is 1.92 bits per heavy atom. The largest absolute Gasteiger partial charge is 0.302 e. The van der Waals surface area contributed by atoms with Crippen LogP contribution in [0.4, 0.5) is 5.13 Å². The minimum Gasteiger partial charge on any atom is -0.302 e. The van der Waals surface area contributed by atoms with Crippen LogP contribution < -0.4 is 5.32 Å². The number of benzene rings is 2. The molecule has 0 spiro atoms. The van der Waals surface area contributed by atoms with E-state index in [0.29, 0.717) is 5.13 Å². The molecule has 1 N–H and O–H groups in total. The van der Waals surface area contributed by atoms with E-state index in [4.69, 9.17) is 4.98 Å². The molecule has 1 amide bonds. The van der Waals surface area contributed by atoms with Gasteiger partial charge in [0.25, 0.3) is 0 Å². The third-order valence-electron chi connectivity index (χ3n) is 4.09. The molecule has 4 rings (SSSR count). The Labute approximate surface area is 159 Å². The van der Waals surface area contributed by atoms with Crippen molar-refractivity contribution in [3.63, 3.8) is 0 Å². The second kappa shape index (κ2) is 6.97. The van der Waals surface area contributed by atoms with E-state index in [1.54, 1.807) is 11.3 Å². The average molecular weight is 380 g/mol. The van der Waals surface area contributed by atoms with Gasteiger partial charge >= 0.3 is 0 Å². The van der Waals surface area contributed by atoms with Crippen molar-refractivity contribution in [2.75, 3.05) is 5.32 Å². The summed E-state index contributed by atoms with van der Waals surface area (Å²) in [6.07, 6.45) is 0.808. The Balaban J connectivity index is 1.62. The summed E-state index contributed by atoms with van der Waals surface area (Å²) in [5.41, 5.74) is 3.10. The van der Waals surface area contributed by atoms with E-state index >= 15 is 0 Å². The Morgan fingerprint density at radius 1 is 1.12 bits per heavy atom. The van der Waals surface area contributed by atoms with E-state index in [9.17, 15) is 4.79 Å². The number of hydrogen-bond acceptors (Lipinski definition) is 5. The van der Waals surface area contributed by atoms with Gasteiger partial charge in [-0.25, -0.2) is 9.97 Å². The molecule has 0 aliphatic rings. The number of fused-ring (bicyclic) bond motifs is 1. The van der Waals surface area contributed by atoms with Gasteiger partial charge in [-0.05, 0) is 23.3 Å². The number of aryl methyl sites for hydroxylation is 1. The molecule has 0 aliphatic carbocycles. The smallest absolute Gasteiger partial charge is 0.223 e. The van der Waals surface area contributed by atoms with E-state index in [-0.39, 0.29) is 5.91 Å². The van der Waals surface area contributed by atoms with Gasteiger partial charge in [0.1, 0.15) is 0 Å². The molecule has 0 saturated heterocycles. The lowest BCUT2D eigenvalue weighted by molar-refractivity contribution is -0.114. The Bertz CT molecular complexity index is 1090. The molecule has 0 unspecified atom stereocenters. The number of nitrogens with one attached hydrogen (secondary N) is 1. The molecule has 0 saturated carbocycles. The molecular weight excluding hydrogens is 362 g/mol. The lowest BCUT2D eigenvalue weighted by Crippen LogP contribution is -2.04. The Hall–Kier alpha value is -2.57. The maximum Gasteiger partial charge on any atom is 0.223 e. The summed E-state index contributed by atoms with van der Waals surface area (Å²) in [5, 5.41) is 9.03. The van der Waals surface area contributed by atoms with Crippen LogP contribution in [0, 0.1) is 6.92 Å². The molecule has 0 atom stereocenters. The minimum absolute atomic E-state index is 0.111. The van der Waals surface area contributed by atoms with Crippen molar-refractivity contribution in [1.29, 1.82) is 0 Å². The summed E-state index contributed by atoms with van der Waals surface area (Å²) in [5.74, 6) is -0.111. The molecular formula is C20H17N3OS2. The second-order valence-corrected chi connectivity index (χ2v) is 8.00. The fraction of sp³-hybridized carbons (Fsp3) is 0.150. The van der Waals surface area contributed by atoms with Crippen LogP contribution in [0.25, 0.3) is 21.3 Å². The van der Waals surface area contributed by atoms with Crippen LogP contribution in [-0.4, -0.2) is 15.9 Å². The van der Waals surface area contributed by atoms with Gasteiger partial charge in [-0.1, -0.05) is 53.8 Å². The molecule has 0 radical (unpaired) electrons. The van der Waals surface area contributed by atoms with Gasteiger partial charge in [-0.2, -0.15) is 0 Å². The van der Waals surface area contributed by atoms with Crippen LogP contribution in [0.3, 0.4) is 0 Å². The maximum absolute atomic E-state index is 11.2. The zero-order valence-electron chi connectivity index (χ0n) is 14.4. The molecule has 6 heteroatoms. The fourth-order valence-electron chi connectivity index (χ4n) is 2.94. The molecule has 0 aliphatic heterocycles. The van der Waals surface area contributed by atoms with E-state index in [2.05, 4.69) is 58.1 Å². The third-order valence-corrected chi connectivity index (χ3v) is 6.03. The SMILES string of the molecule is CC(=O)Nc1nc(C)c(-c2csc(Cc3cccc4ccccc34)n2)s1. The molecule has 2 heterocycles. The van der Waals surface area contributed by atoms with E-state index in [1.165, 1.54) is 34.6 Å². The van der Waals surface area contributed by atoms with Gasteiger partial charge in [0, 0.05) is 18.7 Å². The highest BCUT2D eigenvalue weighted by atomic mass is 32.1. The first-order valence-corrected chi connectivity index (χ1v) is 9.96. The van der Waals surface area contributed by atoms with Crippen LogP contribution >= 0.6 is 22.7 Å². The van der Waals surface area contributed by atoms with Crippen molar-refractivity contribution < 1.29 is 4.79 Å². The molecule has 130 valence electrons. The van der Waals surface area contributed by atoms with Gasteiger partial charge in [0.05, 0.1) is 21.3 Å². The van der Waals surface area contributed by atoms with Crippen molar-refractivity contribution in [2.24, 2.45) is 0 Å². The maximum atomic E-state index is 11.2. The van der Waals surface area contributed by atoms with Gasteiger partial charge in [-0.15, -0.1) is 11.3 Å². The van der Waals surface area contributed by atoms with Crippen LogP contribution in [0.15, 0.2) is 47.8 Å². The number of aromatic nitrogens is 2. The quantitative estimate of drug-likeness (QED) is 0.525. The number of anilines is 1. The van der Waals surface area contributed by atoms with Crippen molar-refractivity contribution in [1.82, 2.24) is 9.97 Å². The molecule has 2 aromatic carbocycles. The number of carbonyl (C=O) groups excluding carboxylic acids is 1. The van der Waals surface area contributed by atoms with E-state index < -0.39 is 0 Å². The van der Waals surface area contributed by atoms with Crippen LogP contribution in [0.1, 0.15) is 23.2 Å². The number of carbonyl (C=O) groups is 1. The van der Waals surface area contributed by atoms with Gasteiger partial charge in [0.2, 0.25) is 5.91 Å². The van der Waals surface area contributed by atoms with E-state index in [0.717, 1.165) is 27.7 Å². The fourth-order valence-corrected chi connectivity index (χ4v) is 4.80. The van der Waals surface area contributed by atoms with Crippen molar-refractivity contribution in [3.8, 4) is 10.6 Å². The highest BCUT2D eigenvalue weighted by molar-refractivity contribution is 7.19. The zero-order valence-corrected chi connectivity index (χ0v) is 16.1. The van der Waals surface area contributed by atoms with E-state index in [1.807, 2.05) is 6.92 Å². The first-order chi connectivity index (χ1) is 12.6. The first kappa shape index (κ1) is 16.9. The number of thiazole rings is 2. The number of rotatable bonds is 4. The predicted octanol–water partition coefficient (Wildman–Crippen LogP) is 5.28. The van der Waals surface area contributed by atoms with Crippen molar-refractivity contribution in [2.45, 2.75) is 20.3 Å². The molecule has 4 nitrogen and oxygen atoms in total. The van der Waals surface area contributed by atoms with Crippen LogP contribution in [-0.2, 0) is 11.2 Å². The summed E-state index contributed by atoms with van der Waals surface area (Å²) in [6.45, 7) is 3.43. The molecule has 2 aromatic heterocycles. The monoisotopic (exact) mass is 379 g/mol. The Kier molecular flexibility index (Phi) is 4.53. The summed E-state index contributed by atoms with van der Waals surface area (Å²) in [4.78, 5) is 21.5. The topological polar surface area (TPSA) is 54.9 Å². The second-order valence-electron chi connectivity index (χ2n) is 6.06. The molecule has 0 fully saturated rings. The summed E-state index contributed by atoms with van der Waals surface area (Å²) < 4.78 is 0. The average Bonchev–Trinajstić information content (AvgIpc) is 3.21. The highest BCUT2D eigenvalue weighted by Crippen LogP contribution is 2.34. The van der Waals surface area contributed by atoms with Gasteiger partial charge < -0.3 is 5.32 Å². The zero-order chi connectivity index (χ0) is 18.1.